The van der Waals surface area contributed by atoms with Crippen LogP contribution in [0.15, 0.2) is 12.1 Å². The first-order valence-electron chi connectivity index (χ1n) is 5.42. The SMILES string of the molecule is CN(N)C(=S)Nc1cc2c(cc1F)OCC(=O)N2C. The number of halogens is 1. The van der Waals surface area contributed by atoms with Gasteiger partial charge in [-0.2, -0.15) is 0 Å². The Kier molecular flexibility index (Phi) is 3.54. The summed E-state index contributed by atoms with van der Waals surface area (Å²) in [7, 11) is 3.13. The summed E-state index contributed by atoms with van der Waals surface area (Å²) in [6.45, 7) is -0.0976. The van der Waals surface area contributed by atoms with Gasteiger partial charge in [-0.3, -0.25) is 9.80 Å². The number of hydrogen-bond acceptors (Lipinski definition) is 4. The largest absolute Gasteiger partial charge is 0.481 e. The summed E-state index contributed by atoms with van der Waals surface area (Å²) < 4.78 is 19.0. The predicted octanol–water partition coefficient (Wildman–Crippen LogP) is 0.683. The number of thiocarbonyl (C=S) groups is 1. The maximum Gasteiger partial charge on any atom is 0.264 e. The van der Waals surface area contributed by atoms with Crippen LogP contribution >= 0.6 is 12.2 Å². The third kappa shape index (κ3) is 2.59. The van der Waals surface area contributed by atoms with Crippen LogP contribution < -0.4 is 20.8 Å². The van der Waals surface area contributed by atoms with Crippen molar-refractivity contribution in [2.24, 2.45) is 5.84 Å². The molecule has 102 valence electrons. The van der Waals surface area contributed by atoms with Gasteiger partial charge in [0.25, 0.3) is 5.91 Å². The summed E-state index contributed by atoms with van der Waals surface area (Å²) in [5, 5.41) is 3.97. The third-order valence-electron chi connectivity index (χ3n) is 2.70. The maximum atomic E-state index is 13.9. The van der Waals surface area contributed by atoms with Crippen LogP contribution in [0.2, 0.25) is 0 Å². The van der Waals surface area contributed by atoms with Gasteiger partial charge in [-0.15, -0.1) is 0 Å². The van der Waals surface area contributed by atoms with E-state index in [2.05, 4.69) is 5.32 Å². The Labute approximate surface area is 114 Å². The maximum absolute atomic E-state index is 13.9. The lowest BCUT2D eigenvalue weighted by molar-refractivity contribution is -0.120. The van der Waals surface area contributed by atoms with Crippen LogP contribution in [0.3, 0.4) is 0 Å². The monoisotopic (exact) mass is 284 g/mol. The number of hydrazine groups is 1. The average molecular weight is 284 g/mol. The highest BCUT2D eigenvalue weighted by atomic mass is 32.1. The van der Waals surface area contributed by atoms with Crippen LogP contribution in [0.1, 0.15) is 0 Å². The molecule has 6 nitrogen and oxygen atoms in total. The summed E-state index contributed by atoms with van der Waals surface area (Å²) in [5.41, 5.74) is 0.605. The molecule has 0 radical (unpaired) electrons. The van der Waals surface area contributed by atoms with Crippen molar-refractivity contribution in [1.29, 1.82) is 0 Å². The molecular formula is C11H13FN4O2S. The van der Waals surface area contributed by atoms with Gasteiger partial charge >= 0.3 is 0 Å². The number of nitrogens with two attached hydrogens (primary N) is 1. The van der Waals surface area contributed by atoms with E-state index in [0.29, 0.717) is 11.4 Å². The topological polar surface area (TPSA) is 70.8 Å². The number of nitrogens with one attached hydrogen (secondary N) is 1. The van der Waals surface area contributed by atoms with Gasteiger partial charge in [0.2, 0.25) is 0 Å². The molecule has 1 heterocycles. The zero-order chi connectivity index (χ0) is 14.2. The van der Waals surface area contributed by atoms with Crippen molar-refractivity contribution in [3.8, 4) is 5.75 Å². The number of rotatable bonds is 1. The first kappa shape index (κ1) is 13.5. The second-order valence-electron chi connectivity index (χ2n) is 4.08. The van der Waals surface area contributed by atoms with E-state index >= 15 is 0 Å². The molecule has 1 amide bonds. The van der Waals surface area contributed by atoms with Crippen molar-refractivity contribution in [1.82, 2.24) is 5.01 Å². The second kappa shape index (κ2) is 4.98. The van der Waals surface area contributed by atoms with E-state index in [0.717, 1.165) is 5.01 Å². The van der Waals surface area contributed by atoms with Crippen molar-refractivity contribution in [3.05, 3.63) is 17.9 Å². The standard InChI is InChI=1S/C11H13FN4O2S/c1-15-8-4-7(14-11(19)16(2)13)6(12)3-9(8)18-5-10(15)17/h3-4H,5,13H2,1-2H3,(H,14,19). The lowest BCUT2D eigenvalue weighted by Gasteiger charge is -2.27. The van der Waals surface area contributed by atoms with Crippen molar-refractivity contribution < 1.29 is 13.9 Å². The van der Waals surface area contributed by atoms with Crippen LogP contribution in [0.4, 0.5) is 15.8 Å². The zero-order valence-electron chi connectivity index (χ0n) is 10.4. The van der Waals surface area contributed by atoms with Crippen LogP contribution in [0.5, 0.6) is 5.75 Å². The van der Waals surface area contributed by atoms with Gasteiger partial charge in [0.1, 0.15) is 5.75 Å². The Morgan fingerprint density at radius 2 is 2.32 bits per heavy atom. The van der Waals surface area contributed by atoms with Crippen molar-refractivity contribution in [2.45, 2.75) is 0 Å². The fraction of sp³-hybridized carbons (Fsp3) is 0.273. The predicted molar refractivity (Wildman–Crippen MR) is 73.5 cm³/mol. The summed E-state index contributed by atoms with van der Waals surface area (Å²) in [4.78, 5) is 12.9. The normalized spacial score (nSPS) is 13.7. The molecule has 0 bridgehead atoms. The molecule has 0 aromatic heterocycles. The molecule has 2 rings (SSSR count). The summed E-state index contributed by atoms with van der Waals surface area (Å²) >= 11 is 4.94. The van der Waals surface area contributed by atoms with E-state index in [4.69, 9.17) is 22.8 Å². The summed E-state index contributed by atoms with van der Waals surface area (Å²) in [6, 6.07) is 2.66. The summed E-state index contributed by atoms with van der Waals surface area (Å²) in [6.07, 6.45) is 0. The van der Waals surface area contributed by atoms with Crippen molar-refractivity contribution in [2.75, 3.05) is 30.9 Å². The first-order chi connectivity index (χ1) is 8.90. The Morgan fingerprint density at radius 1 is 1.63 bits per heavy atom. The van der Waals surface area contributed by atoms with Crippen LogP contribution in [0, 0.1) is 5.82 Å². The molecule has 19 heavy (non-hydrogen) atoms. The molecule has 0 aliphatic carbocycles. The number of amides is 1. The highest BCUT2D eigenvalue weighted by Gasteiger charge is 2.24. The number of hydrogen-bond donors (Lipinski definition) is 2. The minimum absolute atomic E-state index is 0.0976. The fourth-order valence-corrected chi connectivity index (χ4v) is 1.70. The number of benzene rings is 1. The van der Waals surface area contributed by atoms with Gasteiger partial charge in [-0.05, 0) is 18.3 Å². The molecular weight excluding hydrogens is 271 g/mol. The van der Waals surface area contributed by atoms with Crippen molar-refractivity contribution in [3.63, 3.8) is 0 Å². The highest BCUT2D eigenvalue weighted by Crippen LogP contribution is 2.35. The lowest BCUT2D eigenvalue weighted by Crippen LogP contribution is -2.37. The number of carbonyl (C=O) groups excluding carboxylic acids is 1. The van der Waals surface area contributed by atoms with Gasteiger partial charge < -0.3 is 15.0 Å². The smallest absolute Gasteiger partial charge is 0.264 e. The first-order valence-corrected chi connectivity index (χ1v) is 5.83. The molecule has 0 unspecified atom stereocenters. The van der Waals surface area contributed by atoms with E-state index in [1.54, 1.807) is 7.05 Å². The van der Waals surface area contributed by atoms with Gasteiger partial charge in [-0.25, -0.2) is 10.2 Å². The average Bonchev–Trinajstić information content (AvgIpc) is 2.35. The Hall–Kier alpha value is -1.93. The van der Waals surface area contributed by atoms with E-state index < -0.39 is 5.82 Å². The molecule has 0 saturated carbocycles. The minimum atomic E-state index is -0.536. The lowest BCUT2D eigenvalue weighted by atomic mass is 10.2. The van der Waals surface area contributed by atoms with Crippen molar-refractivity contribution >= 4 is 34.6 Å². The third-order valence-corrected chi connectivity index (χ3v) is 3.09. The van der Waals surface area contributed by atoms with E-state index in [9.17, 15) is 9.18 Å². The van der Waals surface area contributed by atoms with E-state index in [1.807, 2.05) is 0 Å². The highest BCUT2D eigenvalue weighted by molar-refractivity contribution is 7.80. The molecule has 0 atom stereocenters. The van der Waals surface area contributed by atoms with E-state index in [-0.39, 0.29) is 23.3 Å². The van der Waals surface area contributed by atoms with Crippen LogP contribution in [-0.4, -0.2) is 36.7 Å². The van der Waals surface area contributed by atoms with Gasteiger partial charge in [-0.1, -0.05) is 0 Å². The number of ether oxygens (including phenoxy) is 1. The number of anilines is 2. The number of fused-ring (bicyclic) bond motifs is 1. The van der Waals surface area contributed by atoms with E-state index in [1.165, 1.54) is 24.1 Å². The van der Waals surface area contributed by atoms with Crippen LogP contribution in [-0.2, 0) is 4.79 Å². The number of nitrogens with zero attached hydrogens (tertiary/aromatic N) is 2. The fourth-order valence-electron chi connectivity index (χ4n) is 1.59. The number of carbonyl (C=O) groups is 1. The zero-order valence-corrected chi connectivity index (χ0v) is 11.3. The molecule has 0 saturated heterocycles. The molecule has 8 heteroatoms. The Bertz CT molecular complexity index is 550. The Morgan fingerprint density at radius 3 is 2.95 bits per heavy atom. The Balaban J connectivity index is 2.37. The molecule has 0 fully saturated rings. The quantitative estimate of drug-likeness (QED) is 0.449. The second-order valence-corrected chi connectivity index (χ2v) is 4.47. The molecule has 1 aromatic rings. The molecule has 3 N–H and O–H groups in total. The van der Waals surface area contributed by atoms with Gasteiger partial charge in [0, 0.05) is 20.2 Å². The number of likely N-dealkylation sites (N-methyl/N-ethyl adjacent to an activating group) is 1. The molecule has 1 aliphatic heterocycles. The van der Waals surface area contributed by atoms with Gasteiger partial charge in [0.05, 0.1) is 11.4 Å². The van der Waals surface area contributed by atoms with Gasteiger partial charge in [0.15, 0.2) is 17.5 Å². The molecule has 1 aromatic carbocycles. The van der Waals surface area contributed by atoms with Crippen LogP contribution in [0.25, 0.3) is 0 Å². The minimum Gasteiger partial charge on any atom is -0.481 e. The molecule has 0 spiro atoms. The molecule has 1 aliphatic rings. The summed E-state index contributed by atoms with van der Waals surface area (Å²) in [5.74, 6) is 5.01.